The fraction of sp³-hybridized carbons (Fsp3) is 0.0400. The minimum Gasteiger partial charge on any atom is -0.457 e. The number of aromatic nitrogens is 1. The zero-order chi connectivity index (χ0) is 21.4. The largest absolute Gasteiger partial charge is 0.457 e. The number of hydrogen-bond donors (Lipinski definition) is 1. The number of nitrogens with zero attached hydrogens (tertiary/aromatic N) is 1. The number of thiophene rings is 1. The van der Waals surface area contributed by atoms with Crippen LogP contribution in [-0.4, -0.2) is 10.5 Å². The molecule has 0 saturated heterocycles. The molecule has 1 N–H and O–H groups in total. The Morgan fingerprint density at radius 1 is 0.871 bits per heavy atom. The molecule has 152 valence electrons. The molecule has 0 bridgehead atoms. The topological polar surface area (TPSA) is 60.3 Å². The number of para-hydroxylation sites is 2. The van der Waals surface area contributed by atoms with Gasteiger partial charge in [0.1, 0.15) is 11.5 Å². The van der Waals surface area contributed by atoms with Crippen LogP contribution in [0.3, 0.4) is 0 Å². The van der Waals surface area contributed by atoms with Crippen molar-refractivity contribution in [3.8, 4) is 11.5 Å². The van der Waals surface area contributed by atoms with Gasteiger partial charge in [-0.25, -0.2) is 0 Å². The second-order valence-electron chi connectivity index (χ2n) is 7.13. The van der Waals surface area contributed by atoms with E-state index in [-0.39, 0.29) is 11.5 Å². The van der Waals surface area contributed by atoms with Gasteiger partial charge in [0.2, 0.25) is 0 Å². The van der Waals surface area contributed by atoms with Crippen LogP contribution in [0.1, 0.15) is 9.67 Å². The second kappa shape index (κ2) is 7.74. The minimum absolute atomic E-state index is 0.105. The number of anilines is 1. The van der Waals surface area contributed by atoms with E-state index in [1.165, 1.54) is 11.3 Å². The Morgan fingerprint density at radius 3 is 2.32 bits per heavy atom. The molecule has 3 aromatic carbocycles. The first-order valence-corrected chi connectivity index (χ1v) is 10.6. The molecule has 0 fully saturated rings. The van der Waals surface area contributed by atoms with Crippen LogP contribution in [0, 0.1) is 0 Å². The van der Waals surface area contributed by atoms with E-state index < -0.39 is 0 Å². The van der Waals surface area contributed by atoms with Crippen LogP contribution < -0.4 is 15.6 Å². The van der Waals surface area contributed by atoms with E-state index in [9.17, 15) is 9.59 Å². The van der Waals surface area contributed by atoms with Crippen LogP contribution in [0.15, 0.2) is 89.7 Å². The van der Waals surface area contributed by atoms with Crippen LogP contribution in [0.2, 0.25) is 0 Å². The molecule has 0 aliphatic heterocycles. The lowest BCUT2D eigenvalue weighted by Crippen LogP contribution is -2.16. The van der Waals surface area contributed by atoms with Gasteiger partial charge in [0, 0.05) is 22.8 Å². The molecule has 31 heavy (non-hydrogen) atoms. The van der Waals surface area contributed by atoms with Gasteiger partial charge in [-0.15, -0.1) is 11.3 Å². The lowest BCUT2D eigenvalue weighted by molar-refractivity contribution is 0.103. The molecule has 0 aliphatic rings. The summed E-state index contributed by atoms with van der Waals surface area (Å²) in [6.45, 7) is 0. The molecule has 0 radical (unpaired) electrons. The maximum Gasteiger partial charge on any atom is 0.265 e. The first-order valence-electron chi connectivity index (χ1n) is 9.76. The first-order chi connectivity index (χ1) is 15.1. The summed E-state index contributed by atoms with van der Waals surface area (Å²) in [6.07, 6.45) is 0. The van der Waals surface area contributed by atoms with Crippen molar-refractivity contribution < 1.29 is 9.53 Å². The Kier molecular flexibility index (Phi) is 4.76. The van der Waals surface area contributed by atoms with Gasteiger partial charge in [0.25, 0.3) is 11.5 Å². The number of benzene rings is 3. The molecule has 5 aromatic rings. The van der Waals surface area contributed by atoms with Gasteiger partial charge in [0.15, 0.2) is 0 Å². The van der Waals surface area contributed by atoms with Gasteiger partial charge in [-0.1, -0.05) is 36.4 Å². The Morgan fingerprint density at radius 2 is 1.55 bits per heavy atom. The van der Waals surface area contributed by atoms with Gasteiger partial charge in [-0.2, -0.15) is 0 Å². The third-order valence-electron chi connectivity index (χ3n) is 5.09. The fourth-order valence-corrected chi connectivity index (χ4v) is 4.61. The Hall–Kier alpha value is -3.90. The third-order valence-corrected chi connectivity index (χ3v) is 6.26. The van der Waals surface area contributed by atoms with Gasteiger partial charge < -0.3 is 14.6 Å². The molecular formula is C25H18N2O3S. The van der Waals surface area contributed by atoms with E-state index in [0.717, 1.165) is 21.4 Å². The molecule has 6 heteroatoms. The highest BCUT2D eigenvalue weighted by Gasteiger charge is 2.16. The molecule has 2 heterocycles. The normalized spacial score (nSPS) is 11.0. The van der Waals surface area contributed by atoms with E-state index in [2.05, 4.69) is 5.32 Å². The standard InChI is InChI=1S/C25H18N2O3S/c1-27-21-10-6-5-9-19(21)23-20(25(27)29)15-22(31-23)24(28)26-16-11-13-18(14-12-16)30-17-7-3-2-4-8-17/h2-15H,1H3,(H,26,28). The van der Waals surface area contributed by atoms with E-state index in [1.807, 2.05) is 54.6 Å². The van der Waals surface area contributed by atoms with E-state index in [4.69, 9.17) is 4.74 Å². The summed E-state index contributed by atoms with van der Waals surface area (Å²) < 4.78 is 8.23. The van der Waals surface area contributed by atoms with Crippen molar-refractivity contribution >= 4 is 43.9 Å². The fourth-order valence-electron chi connectivity index (χ4n) is 3.53. The zero-order valence-electron chi connectivity index (χ0n) is 16.7. The van der Waals surface area contributed by atoms with Crippen molar-refractivity contribution in [1.29, 1.82) is 0 Å². The molecule has 0 aliphatic carbocycles. The summed E-state index contributed by atoms with van der Waals surface area (Å²) in [5.41, 5.74) is 1.40. The number of fused-ring (bicyclic) bond motifs is 3. The monoisotopic (exact) mass is 426 g/mol. The number of ether oxygens (including phenoxy) is 1. The van der Waals surface area contributed by atoms with Crippen LogP contribution in [0.4, 0.5) is 5.69 Å². The molecule has 0 unspecified atom stereocenters. The molecule has 2 aromatic heterocycles. The van der Waals surface area contributed by atoms with Gasteiger partial charge in [-0.3, -0.25) is 9.59 Å². The number of hydrogen-bond acceptors (Lipinski definition) is 4. The maximum absolute atomic E-state index is 12.9. The Bertz CT molecular complexity index is 1470. The van der Waals surface area contributed by atoms with Crippen molar-refractivity contribution in [2.24, 2.45) is 7.05 Å². The van der Waals surface area contributed by atoms with Crippen molar-refractivity contribution in [2.75, 3.05) is 5.32 Å². The predicted molar refractivity (Wildman–Crippen MR) is 125 cm³/mol. The summed E-state index contributed by atoms with van der Waals surface area (Å²) in [5.74, 6) is 1.18. The van der Waals surface area contributed by atoms with E-state index in [0.29, 0.717) is 21.7 Å². The number of rotatable bonds is 4. The Balaban J connectivity index is 1.41. The molecule has 1 amide bonds. The van der Waals surface area contributed by atoms with Crippen LogP contribution in [0.25, 0.3) is 21.0 Å². The molecule has 0 saturated carbocycles. The maximum atomic E-state index is 12.9. The highest BCUT2D eigenvalue weighted by molar-refractivity contribution is 7.21. The van der Waals surface area contributed by atoms with E-state index in [1.54, 1.807) is 41.9 Å². The number of nitrogens with one attached hydrogen (secondary N) is 1. The van der Waals surface area contributed by atoms with Gasteiger partial charge in [-0.05, 0) is 48.5 Å². The molecule has 5 nitrogen and oxygen atoms in total. The minimum atomic E-state index is -0.246. The van der Waals surface area contributed by atoms with Crippen molar-refractivity contribution in [2.45, 2.75) is 0 Å². The number of carbonyl (C=O) groups excluding carboxylic acids is 1. The van der Waals surface area contributed by atoms with Crippen LogP contribution in [0.5, 0.6) is 11.5 Å². The summed E-state index contributed by atoms with van der Waals surface area (Å²) in [6, 6.07) is 26.1. The third kappa shape index (κ3) is 3.58. The smallest absolute Gasteiger partial charge is 0.265 e. The van der Waals surface area contributed by atoms with Gasteiger partial charge in [0.05, 0.1) is 15.8 Å². The number of pyridine rings is 1. The van der Waals surface area contributed by atoms with Crippen LogP contribution >= 0.6 is 11.3 Å². The van der Waals surface area contributed by atoms with E-state index >= 15 is 0 Å². The summed E-state index contributed by atoms with van der Waals surface area (Å²) in [5, 5.41) is 4.42. The SMILES string of the molecule is Cn1c(=O)c2cc(C(=O)Nc3ccc(Oc4ccccc4)cc3)sc2c2ccccc21. The lowest BCUT2D eigenvalue weighted by atomic mass is 10.2. The summed E-state index contributed by atoms with van der Waals surface area (Å²) >= 11 is 1.33. The Labute approximate surface area is 182 Å². The molecular weight excluding hydrogens is 408 g/mol. The van der Waals surface area contributed by atoms with Crippen molar-refractivity contribution in [3.63, 3.8) is 0 Å². The molecule has 0 spiro atoms. The second-order valence-corrected chi connectivity index (χ2v) is 8.18. The average Bonchev–Trinajstić information content (AvgIpc) is 3.26. The molecule has 5 rings (SSSR count). The first kappa shape index (κ1) is 19.1. The van der Waals surface area contributed by atoms with Crippen molar-refractivity contribution in [1.82, 2.24) is 4.57 Å². The highest BCUT2D eigenvalue weighted by Crippen LogP contribution is 2.31. The molecule has 0 atom stereocenters. The zero-order valence-corrected chi connectivity index (χ0v) is 17.5. The number of aryl methyl sites for hydroxylation is 1. The van der Waals surface area contributed by atoms with Crippen LogP contribution in [-0.2, 0) is 7.05 Å². The quantitative estimate of drug-likeness (QED) is 0.395. The highest BCUT2D eigenvalue weighted by atomic mass is 32.1. The van der Waals surface area contributed by atoms with Gasteiger partial charge >= 0.3 is 0 Å². The summed E-state index contributed by atoms with van der Waals surface area (Å²) in [7, 11) is 1.75. The summed E-state index contributed by atoms with van der Waals surface area (Å²) in [4.78, 5) is 26.1. The predicted octanol–water partition coefficient (Wildman–Crippen LogP) is 5.80. The average molecular weight is 426 g/mol. The lowest BCUT2D eigenvalue weighted by Gasteiger charge is -2.07. The number of amides is 1. The van der Waals surface area contributed by atoms with Crippen molar-refractivity contribution in [3.05, 3.63) is 100 Å². The number of carbonyl (C=O) groups is 1.